The summed E-state index contributed by atoms with van der Waals surface area (Å²) in [5.41, 5.74) is 2.53. The van der Waals surface area contributed by atoms with Gasteiger partial charge in [-0.05, 0) is 32.0 Å². The Morgan fingerprint density at radius 3 is 2.59 bits per heavy atom. The lowest BCUT2D eigenvalue weighted by atomic mass is 10.1. The third kappa shape index (κ3) is 3.58. The molecule has 2 aromatic rings. The van der Waals surface area contributed by atoms with Gasteiger partial charge in [0.15, 0.2) is 0 Å². The van der Waals surface area contributed by atoms with E-state index in [9.17, 15) is 4.79 Å². The van der Waals surface area contributed by atoms with Gasteiger partial charge < -0.3 is 14.8 Å². The van der Waals surface area contributed by atoms with E-state index in [1.165, 1.54) is 7.11 Å². The Hall–Kier alpha value is -2.50. The lowest BCUT2D eigenvalue weighted by molar-refractivity contribution is 0.0948. The molecule has 0 aliphatic carbocycles. The van der Waals surface area contributed by atoms with Crippen LogP contribution in [0.1, 0.15) is 21.7 Å². The quantitative estimate of drug-likeness (QED) is 0.886. The fraction of sp³-hybridized carbons (Fsp3) is 0.375. The fourth-order valence-corrected chi connectivity index (χ4v) is 2.26. The van der Waals surface area contributed by atoms with Gasteiger partial charge in [0.1, 0.15) is 11.5 Å². The number of rotatable bonds is 6. The maximum absolute atomic E-state index is 12.2. The van der Waals surface area contributed by atoms with Crippen molar-refractivity contribution in [3.05, 3.63) is 41.2 Å². The van der Waals surface area contributed by atoms with Gasteiger partial charge in [0, 0.05) is 18.3 Å². The molecule has 0 saturated carbocycles. The summed E-state index contributed by atoms with van der Waals surface area (Å²) in [6.07, 6.45) is 0. The molecule has 1 heterocycles. The molecule has 22 heavy (non-hydrogen) atoms. The van der Waals surface area contributed by atoms with Crippen molar-refractivity contribution in [2.45, 2.75) is 20.4 Å². The molecule has 0 atom stereocenters. The smallest absolute Gasteiger partial charge is 0.255 e. The van der Waals surface area contributed by atoms with E-state index < -0.39 is 0 Å². The molecule has 1 aromatic heterocycles. The van der Waals surface area contributed by atoms with Crippen LogP contribution in [0.3, 0.4) is 0 Å². The second kappa shape index (κ2) is 6.98. The standard InChI is InChI=1S/C16H21N3O3/c1-11-9-12(2)19(18-11)8-7-17-16(20)14-6-5-13(21-3)10-15(14)22-4/h5-6,9-10H,7-8H2,1-4H3,(H,17,20). The molecule has 0 fully saturated rings. The lowest BCUT2D eigenvalue weighted by Crippen LogP contribution is -2.28. The van der Waals surface area contributed by atoms with Gasteiger partial charge in [0.2, 0.25) is 0 Å². The molecule has 0 spiro atoms. The van der Waals surface area contributed by atoms with Crippen LogP contribution < -0.4 is 14.8 Å². The Morgan fingerprint density at radius 1 is 1.23 bits per heavy atom. The zero-order valence-corrected chi connectivity index (χ0v) is 13.3. The van der Waals surface area contributed by atoms with Crippen LogP contribution in [0.2, 0.25) is 0 Å². The van der Waals surface area contributed by atoms with E-state index in [4.69, 9.17) is 9.47 Å². The number of carbonyl (C=O) groups is 1. The number of benzene rings is 1. The maximum atomic E-state index is 12.2. The van der Waals surface area contributed by atoms with Crippen LogP contribution in [0.25, 0.3) is 0 Å². The third-order valence-electron chi connectivity index (χ3n) is 3.37. The zero-order valence-electron chi connectivity index (χ0n) is 13.3. The van der Waals surface area contributed by atoms with Gasteiger partial charge in [0.25, 0.3) is 5.91 Å². The van der Waals surface area contributed by atoms with E-state index in [1.54, 1.807) is 25.3 Å². The highest BCUT2D eigenvalue weighted by Gasteiger charge is 2.13. The molecule has 0 aliphatic heterocycles. The van der Waals surface area contributed by atoms with E-state index in [-0.39, 0.29) is 5.91 Å². The molecule has 0 unspecified atom stereocenters. The molecule has 118 valence electrons. The number of amides is 1. The Kier molecular flexibility index (Phi) is 5.04. The van der Waals surface area contributed by atoms with Crippen LogP contribution in [0.5, 0.6) is 11.5 Å². The largest absolute Gasteiger partial charge is 0.497 e. The second-order valence-electron chi connectivity index (χ2n) is 4.97. The van der Waals surface area contributed by atoms with E-state index in [2.05, 4.69) is 10.4 Å². The highest BCUT2D eigenvalue weighted by molar-refractivity contribution is 5.97. The number of hydrogen-bond donors (Lipinski definition) is 1. The summed E-state index contributed by atoms with van der Waals surface area (Å²) >= 11 is 0. The van der Waals surface area contributed by atoms with Crippen molar-refractivity contribution in [1.82, 2.24) is 15.1 Å². The van der Waals surface area contributed by atoms with Crippen molar-refractivity contribution >= 4 is 5.91 Å². The van der Waals surface area contributed by atoms with Crippen LogP contribution in [-0.4, -0.2) is 36.5 Å². The molecule has 1 N–H and O–H groups in total. The van der Waals surface area contributed by atoms with Gasteiger partial charge in [-0.15, -0.1) is 0 Å². The first kappa shape index (κ1) is 15.9. The number of aryl methyl sites for hydroxylation is 2. The van der Waals surface area contributed by atoms with Crippen molar-refractivity contribution in [1.29, 1.82) is 0 Å². The first-order valence-corrected chi connectivity index (χ1v) is 7.06. The summed E-state index contributed by atoms with van der Waals surface area (Å²) in [6.45, 7) is 5.07. The number of aromatic nitrogens is 2. The van der Waals surface area contributed by atoms with E-state index in [1.807, 2.05) is 24.6 Å². The monoisotopic (exact) mass is 303 g/mol. The van der Waals surface area contributed by atoms with Gasteiger partial charge in [-0.2, -0.15) is 5.10 Å². The van der Waals surface area contributed by atoms with Gasteiger partial charge in [0.05, 0.1) is 32.0 Å². The fourth-order valence-electron chi connectivity index (χ4n) is 2.26. The van der Waals surface area contributed by atoms with E-state index >= 15 is 0 Å². The molecular weight excluding hydrogens is 282 g/mol. The maximum Gasteiger partial charge on any atom is 0.255 e. The van der Waals surface area contributed by atoms with Gasteiger partial charge in [-0.1, -0.05) is 0 Å². The molecule has 0 bridgehead atoms. The van der Waals surface area contributed by atoms with Crippen LogP contribution >= 0.6 is 0 Å². The van der Waals surface area contributed by atoms with Gasteiger partial charge in [-0.25, -0.2) is 0 Å². The Balaban J connectivity index is 1.99. The number of ether oxygens (including phenoxy) is 2. The molecule has 6 heteroatoms. The summed E-state index contributed by atoms with van der Waals surface area (Å²) in [6, 6.07) is 7.12. The van der Waals surface area contributed by atoms with Crippen LogP contribution in [0, 0.1) is 13.8 Å². The molecule has 1 amide bonds. The second-order valence-corrected chi connectivity index (χ2v) is 4.97. The van der Waals surface area contributed by atoms with Crippen LogP contribution in [0.15, 0.2) is 24.3 Å². The summed E-state index contributed by atoms with van der Waals surface area (Å²) in [5.74, 6) is 0.958. The predicted octanol–water partition coefficient (Wildman–Crippen LogP) is 1.95. The Morgan fingerprint density at radius 2 is 2.00 bits per heavy atom. The van der Waals surface area contributed by atoms with Crippen molar-refractivity contribution in [2.24, 2.45) is 0 Å². The highest BCUT2D eigenvalue weighted by atomic mass is 16.5. The molecule has 0 aliphatic rings. The average Bonchev–Trinajstić information content (AvgIpc) is 2.84. The normalized spacial score (nSPS) is 10.4. The average molecular weight is 303 g/mol. The number of nitrogens with one attached hydrogen (secondary N) is 1. The summed E-state index contributed by atoms with van der Waals surface area (Å²) < 4.78 is 12.2. The first-order chi connectivity index (χ1) is 10.5. The minimum Gasteiger partial charge on any atom is -0.497 e. The van der Waals surface area contributed by atoms with Crippen LogP contribution in [-0.2, 0) is 6.54 Å². The Labute approximate surface area is 130 Å². The first-order valence-electron chi connectivity index (χ1n) is 7.06. The van der Waals surface area contributed by atoms with Crippen molar-refractivity contribution < 1.29 is 14.3 Å². The summed E-state index contributed by atoms with van der Waals surface area (Å²) in [5, 5.41) is 7.24. The zero-order chi connectivity index (χ0) is 16.1. The molecule has 0 radical (unpaired) electrons. The SMILES string of the molecule is COc1ccc(C(=O)NCCn2nc(C)cc2C)c(OC)c1. The number of methoxy groups -OCH3 is 2. The molecule has 0 saturated heterocycles. The lowest BCUT2D eigenvalue weighted by Gasteiger charge is -2.11. The molecule has 2 rings (SSSR count). The number of carbonyl (C=O) groups excluding carboxylic acids is 1. The molecular formula is C16H21N3O3. The predicted molar refractivity (Wildman–Crippen MR) is 83.6 cm³/mol. The number of nitrogens with zero attached hydrogens (tertiary/aromatic N) is 2. The highest BCUT2D eigenvalue weighted by Crippen LogP contribution is 2.24. The Bertz CT molecular complexity index is 665. The number of hydrogen-bond acceptors (Lipinski definition) is 4. The van der Waals surface area contributed by atoms with Crippen molar-refractivity contribution in [3.8, 4) is 11.5 Å². The molecule has 1 aromatic carbocycles. The van der Waals surface area contributed by atoms with Gasteiger partial charge >= 0.3 is 0 Å². The van der Waals surface area contributed by atoms with Crippen LogP contribution in [0.4, 0.5) is 0 Å². The van der Waals surface area contributed by atoms with Crippen molar-refractivity contribution in [3.63, 3.8) is 0 Å². The minimum absolute atomic E-state index is 0.180. The molecule has 6 nitrogen and oxygen atoms in total. The van der Waals surface area contributed by atoms with E-state index in [0.717, 1.165) is 11.4 Å². The summed E-state index contributed by atoms with van der Waals surface area (Å²) in [4.78, 5) is 12.2. The third-order valence-corrected chi connectivity index (χ3v) is 3.37. The summed E-state index contributed by atoms with van der Waals surface area (Å²) in [7, 11) is 3.10. The topological polar surface area (TPSA) is 65.4 Å². The van der Waals surface area contributed by atoms with Crippen molar-refractivity contribution in [2.75, 3.05) is 20.8 Å². The van der Waals surface area contributed by atoms with E-state index in [0.29, 0.717) is 30.2 Å². The van der Waals surface area contributed by atoms with Gasteiger partial charge in [-0.3, -0.25) is 9.48 Å². The minimum atomic E-state index is -0.180.